The summed E-state index contributed by atoms with van der Waals surface area (Å²) in [5, 5.41) is 7.71. The van der Waals surface area contributed by atoms with Gasteiger partial charge in [0.05, 0.1) is 20.2 Å². The van der Waals surface area contributed by atoms with Crippen LogP contribution in [-0.2, 0) is 23.9 Å². The Morgan fingerprint density at radius 2 is 1.72 bits per heavy atom. The van der Waals surface area contributed by atoms with Gasteiger partial charge in [0, 0.05) is 43.7 Å². The van der Waals surface area contributed by atoms with Crippen molar-refractivity contribution in [3.63, 3.8) is 0 Å². The molecule has 2 aromatic rings. The Morgan fingerprint density at radius 1 is 1.00 bits per heavy atom. The number of ether oxygens (including phenoxy) is 1. The lowest BCUT2D eigenvalue weighted by atomic mass is 9.95. The normalized spacial score (nSPS) is 17.1. The molecule has 2 fully saturated rings. The maximum atomic E-state index is 13.1. The number of benzene rings is 2. The number of rotatable bonds is 11. The van der Waals surface area contributed by atoms with E-state index in [1.807, 2.05) is 0 Å². The summed E-state index contributed by atoms with van der Waals surface area (Å²) in [6.45, 7) is 3.82. The first kappa shape index (κ1) is 28.3. The first-order chi connectivity index (χ1) is 18.9. The monoisotopic (exact) mass is 534 g/mol. The van der Waals surface area contributed by atoms with Crippen molar-refractivity contribution in [2.75, 3.05) is 39.8 Å². The summed E-state index contributed by atoms with van der Waals surface area (Å²) in [5.74, 6) is -1.19. The van der Waals surface area contributed by atoms with E-state index in [2.05, 4.69) is 69.7 Å². The van der Waals surface area contributed by atoms with E-state index >= 15 is 0 Å². The number of esters is 1. The van der Waals surface area contributed by atoms with Gasteiger partial charge in [-0.05, 0) is 48.9 Å². The van der Waals surface area contributed by atoms with Gasteiger partial charge < -0.3 is 20.3 Å². The molecule has 1 heterocycles. The van der Waals surface area contributed by atoms with Gasteiger partial charge in [-0.25, -0.2) is 4.79 Å². The Morgan fingerprint density at radius 3 is 2.44 bits per heavy atom. The van der Waals surface area contributed by atoms with Crippen LogP contribution in [0.2, 0.25) is 0 Å². The number of nitrogens with one attached hydrogen (secondary N) is 2. The Labute approximate surface area is 229 Å². The van der Waals surface area contributed by atoms with Crippen molar-refractivity contribution in [2.45, 2.75) is 44.7 Å². The fourth-order valence-electron chi connectivity index (χ4n) is 5.20. The minimum Gasteiger partial charge on any atom is -0.466 e. The van der Waals surface area contributed by atoms with Crippen LogP contribution in [0.1, 0.15) is 44.2 Å². The number of nitrogens with zero attached hydrogens (tertiary/aromatic N) is 2. The molecule has 0 unspecified atom stereocenters. The maximum absolute atomic E-state index is 13.1. The van der Waals surface area contributed by atoms with Crippen LogP contribution in [0.5, 0.6) is 0 Å². The van der Waals surface area contributed by atoms with E-state index in [0.717, 1.165) is 38.8 Å². The number of fused-ring (bicyclic) bond motifs is 1. The van der Waals surface area contributed by atoms with Gasteiger partial charge in [0.15, 0.2) is 0 Å². The maximum Gasteiger partial charge on any atom is 0.330 e. The second kappa shape index (κ2) is 13.4. The molecule has 208 valence electrons. The van der Waals surface area contributed by atoms with Crippen LogP contribution in [0.4, 0.5) is 0 Å². The largest absolute Gasteiger partial charge is 0.466 e. The van der Waals surface area contributed by atoms with Crippen molar-refractivity contribution in [1.82, 2.24) is 20.4 Å². The molecule has 0 radical (unpaired) electrons. The summed E-state index contributed by atoms with van der Waals surface area (Å²) in [4.78, 5) is 53.1. The Kier molecular flexibility index (Phi) is 9.70. The molecule has 1 aliphatic heterocycles. The summed E-state index contributed by atoms with van der Waals surface area (Å²) in [6.07, 6.45) is 6.02. The minimum absolute atomic E-state index is 0.00268. The fraction of sp³-hybridized carbons (Fsp3) is 0.467. The van der Waals surface area contributed by atoms with Crippen LogP contribution >= 0.6 is 0 Å². The molecule has 0 spiro atoms. The number of hydrogen-bond acceptors (Lipinski definition) is 6. The Bertz CT molecular complexity index is 1210. The van der Waals surface area contributed by atoms with Crippen molar-refractivity contribution in [3.8, 4) is 0 Å². The van der Waals surface area contributed by atoms with Crippen molar-refractivity contribution >= 4 is 34.5 Å². The standard InChI is InChI=1S/C30H38N4O5/c1-21(25-10-5-8-22-7-3-4-9-26(22)25)33-17-14-24(15-18-33)34(30(38)23-12-13-23)20-28(36)32-19-27(35)31-16-6-11-29(37)39-2/h3-11,21,23-24H,12-20H2,1-2H3,(H,31,35)(H,32,36)/b11-6+/t21-/m1/s1. The lowest BCUT2D eigenvalue weighted by Gasteiger charge is -2.41. The number of carbonyl (C=O) groups is 4. The van der Waals surface area contributed by atoms with E-state index in [0.29, 0.717) is 0 Å². The molecule has 1 saturated heterocycles. The third-order valence-electron chi connectivity index (χ3n) is 7.60. The van der Waals surface area contributed by atoms with Crippen molar-refractivity contribution in [2.24, 2.45) is 5.92 Å². The third-order valence-corrected chi connectivity index (χ3v) is 7.60. The molecule has 2 aliphatic rings. The minimum atomic E-state index is -0.508. The number of hydrogen-bond donors (Lipinski definition) is 2. The molecule has 2 N–H and O–H groups in total. The lowest BCUT2D eigenvalue weighted by molar-refractivity contribution is -0.140. The molecule has 1 aliphatic carbocycles. The Balaban J connectivity index is 1.29. The second-order valence-electron chi connectivity index (χ2n) is 10.3. The van der Waals surface area contributed by atoms with E-state index in [4.69, 9.17) is 0 Å². The lowest BCUT2D eigenvalue weighted by Crippen LogP contribution is -2.52. The quantitative estimate of drug-likeness (QED) is 0.339. The zero-order chi connectivity index (χ0) is 27.8. The highest BCUT2D eigenvalue weighted by atomic mass is 16.5. The summed E-state index contributed by atoms with van der Waals surface area (Å²) in [6, 6.07) is 15.1. The zero-order valence-corrected chi connectivity index (χ0v) is 22.7. The number of piperidine rings is 1. The number of amides is 3. The van der Waals surface area contributed by atoms with Crippen molar-refractivity contribution in [1.29, 1.82) is 0 Å². The molecular weight excluding hydrogens is 496 g/mol. The van der Waals surface area contributed by atoms with Crippen molar-refractivity contribution in [3.05, 3.63) is 60.2 Å². The SMILES string of the molecule is COC(=O)/C=C/CNC(=O)CNC(=O)CN(C(=O)C1CC1)C1CCN([C@H](C)c2cccc3ccccc23)CC1. The van der Waals surface area contributed by atoms with Gasteiger partial charge in [-0.1, -0.05) is 48.5 Å². The molecule has 4 rings (SSSR count). The molecule has 9 heteroatoms. The molecule has 0 aromatic heterocycles. The molecule has 1 saturated carbocycles. The number of carbonyl (C=O) groups excluding carboxylic acids is 4. The summed E-state index contributed by atoms with van der Waals surface area (Å²) >= 11 is 0. The molecule has 1 atom stereocenters. The van der Waals surface area contributed by atoms with E-state index in [-0.39, 0.29) is 55.4 Å². The summed E-state index contributed by atoms with van der Waals surface area (Å²) < 4.78 is 4.49. The van der Waals surface area contributed by atoms with Crippen LogP contribution in [0.25, 0.3) is 10.8 Å². The topological polar surface area (TPSA) is 108 Å². The first-order valence-electron chi connectivity index (χ1n) is 13.7. The van der Waals surface area contributed by atoms with Gasteiger partial charge in [-0.3, -0.25) is 19.3 Å². The van der Waals surface area contributed by atoms with Gasteiger partial charge in [-0.15, -0.1) is 0 Å². The van der Waals surface area contributed by atoms with Crippen LogP contribution in [0.15, 0.2) is 54.6 Å². The van der Waals surface area contributed by atoms with Crippen molar-refractivity contribution < 1.29 is 23.9 Å². The molecule has 9 nitrogen and oxygen atoms in total. The predicted molar refractivity (Wildman–Crippen MR) is 149 cm³/mol. The van der Waals surface area contributed by atoms with E-state index in [9.17, 15) is 19.2 Å². The summed E-state index contributed by atoms with van der Waals surface area (Å²) in [7, 11) is 1.27. The van der Waals surface area contributed by atoms with Gasteiger partial charge in [0.1, 0.15) is 0 Å². The highest BCUT2D eigenvalue weighted by molar-refractivity contribution is 5.90. The van der Waals surface area contributed by atoms with Crippen LogP contribution in [0.3, 0.4) is 0 Å². The molecular formula is C30H38N4O5. The highest BCUT2D eigenvalue weighted by Crippen LogP contribution is 2.34. The smallest absolute Gasteiger partial charge is 0.330 e. The van der Waals surface area contributed by atoms with Gasteiger partial charge >= 0.3 is 5.97 Å². The molecule has 3 amide bonds. The average Bonchev–Trinajstić information content (AvgIpc) is 3.82. The third kappa shape index (κ3) is 7.66. The fourth-order valence-corrected chi connectivity index (χ4v) is 5.20. The highest BCUT2D eigenvalue weighted by Gasteiger charge is 2.38. The van der Waals surface area contributed by atoms with Crippen LogP contribution < -0.4 is 10.6 Å². The molecule has 0 bridgehead atoms. The average molecular weight is 535 g/mol. The molecule has 2 aromatic carbocycles. The van der Waals surface area contributed by atoms with E-state index in [1.165, 1.54) is 35.6 Å². The number of methoxy groups -OCH3 is 1. The van der Waals surface area contributed by atoms with E-state index in [1.54, 1.807) is 4.90 Å². The zero-order valence-electron chi connectivity index (χ0n) is 22.7. The van der Waals surface area contributed by atoms with Gasteiger partial charge in [-0.2, -0.15) is 0 Å². The predicted octanol–water partition coefficient (Wildman–Crippen LogP) is 2.57. The van der Waals surface area contributed by atoms with Gasteiger partial charge in [0.25, 0.3) is 0 Å². The van der Waals surface area contributed by atoms with Gasteiger partial charge in [0.2, 0.25) is 17.7 Å². The number of likely N-dealkylation sites (tertiary alicyclic amines) is 1. The summed E-state index contributed by atoms with van der Waals surface area (Å²) in [5.41, 5.74) is 1.30. The molecule has 39 heavy (non-hydrogen) atoms. The first-order valence-corrected chi connectivity index (χ1v) is 13.7. The second-order valence-corrected chi connectivity index (χ2v) is 10.3. The van der Waals surface area contributed by atoms with Crippen LogP contribution in [0, 0.1) is 5.92 Å². The Hall–Kier alpha value is -3.72. The van der Waals surface area contributed by atoms with Crippen LogP contribution in [-0.4, -0.2) is 79.4 Å². The van der Waals surface area contributed by atoms with E-state index < -0.39 is 5.97 Å².